The number of ketones is 1. The van der Waals surface area contributed by atoms with Gasteiger partial charge in [0.05, 0.1) is 7.11 Å². The summed E-state index contributed by atoms with van der Waals surface area (Å²) in [4.78, 5) is 17.6. The Balaban J connectivity index is 1.71. The van der Waals surface area contributed by atoms with E-state index in [0.29, 0.717) is 28.0 Å². The molecular weight excluding hydrogens is 388 g/mol. The number of Topliss-reactive ketones (excluding diaryl/α,β-unsaturated/α-hetero) is 1. The first kappa shape index (κ1) is 19.2. The Kier molecular flexibility index (Phi) is 5.62. The number of hydrogen-bond donors (Lipinski definition) is 1. The number of fused-ring (bicyclic) bond motifs is 3. The minimum atomic E-state index is -0.938. The molecule has 3 aromatic rings. The molecular formula is C21H20N4O3S. The fraction of sp³-hybridized carbons (Fsp3) is 0.238. The number of carbonyl (C=O) groups excluding carboxylic acids is 1. The maximum atomic E-state index is 13.1. The van der Waals surface area contributed by atoms with Crippen molar-refractivity contribution in [2.24, 2.45) is 0 Å². The van der Waals surface area contributed by atoms with Gasteiger partial charge < -0.3 is 14.8 Å². The third kappa shape index (κ3) is 4.02. The van der Waals surface area contributed by atoms with E-state index in [-0.39, 0.29) is 5.78 Å². The molecule has 7 nitrogen and oxygen atoms in total. The molecule has 0 saturated carbocycles. The molecule has 2 heterocycles. The fourth-order valence-electron chi connectivity index (χ4n) is 2.93. The standard InChI is InChI=1S/C21H20N4O3S/c1-3-12-29-21-23-19-17(24-25-21)15-6-4-5-7-16(15)22-20(28-19)18(26)13-8-10-14(27-2)11-9-13/h4-11,20,22H,3,12H2,1-2H3/t20-/m0/s1. The minimum absolute atomic E-state index is 0.211. The highest BCUT2D eigenvalue weighted by atomic mass is 32.2. The van der Waals surface area contributed by atoms with E-state index in [4.69, 9.17) is 9.47 Å². The Morgan fingerprint density at radius 3 is 2.72 bits per heavy atom. The molecule has 2 aromatic carbocycles. The summed E-state index contributed by atoms with van der Waals surface area (Å²) >= 11 is 1.51. The summed E-state index contributed by atoms with van der Waals surface area (Å²) < 4.78 is 11.2. The van der Waals surface area contributed by atoms with E-state index in [1.54, 1.807) is 31.4 Å². The van der Waals surface area contributed by atoms with Crippen LogP contribution in [0.4, 0.5) is 5.69 Å². The van der Waals surface area contributed by atoms with Crippen LogP contribution >= 0.6 is 11.8 Å². The number of ether oxygens (including phenoxy) is 2. The third-order valence-corrected chi connectivity index (χ3v) is 5.43. The van der Waals surface area contributed by atoms with E-state index in [2.05, 4.69) is 27.4 Å². The van der Waals surface area contributed by atoms with Crippen molar-refractivity contribution in [1.29, 1.82) is 0 Å². The molecule has 1 aromatic heterocycles. The number of rotatable bonds is 6. The number of nitrogens with zero attached hydrogens (tertiary/aromatic N) is 3. The molecule has 0 saturated heterocycles. The first-order chi connectivity index (χ1) is 14.2. The highest BCUT2D eigenvalue weighted by Gasteiger charge is 2.30. The van der Waals surface area contributed by atoms with Gasteiger partial charge in [-0.05, 0) is 36.8 Å². The molecule has 1 aliphatic rings. The highest BCUT2D eigenvalue weighted by Crippen LogP contribution is 2.36. The number of methoxy groups -OCH3 is 1. The van der Waals surface area contributed by atoms with E-state index in [9.17, 15) is 4.79 Å². The third-order valence-electron chi connectivity index (χ3n) is 4.38. The molecule has 29 heavy (non-hydrogen) atoms. The second-order valence-corrected chi connectivity index (χ2v) is 7.44. The van der Waals surface area contributed by atoms with E-state index in [1.165, 1.54) is 11.8 Å². The van der Waals surface area contributed by atoms with E-state index in [1.807, 2.05) is 24.3 Å². The maximum absolute atomic E-state index is 13.1. The normalized spacial score (nSPS) is 14.6. The van der Waals surface area contributed by atoms with Crippen LogP contribution in [0.3, 0.4) is 0 Å². The van der Waals surface area contributed by atoms with Gasteiger partial charge in [-0.1, -0.05) is 36.9 Å². The number of thioether (sulfide) groups is 1. The van der Waals surface area contributed by atoms with Gasteiger partial charge in [0, 0.05) is 22.6 Å². The Bertz CT molecular complexity index is 1030. The van der Waals surface area contributed by atoms with Crippen LogP contribution in [-0.2, 0) is 0 Å². The predicted molar refractivity (Wildman–Crippen MR) is 112 cm³/mol. The Morgan fingerprint density at radius 2 is 1.97 bits per heavy atom. The number of hydrogen-bond acceptors (Lipinski definition) is 8. The van der Waals surface area contributed by atoms with Gasteiger partial charge in [0.2, 0.25) is 23.0 Å². The number of benzene rings is 2. The lowest BCUT2D eigenvalue weighted by Gasteiger charge is -2.18. The summed E-state index contributed by atoms with van der Waals surface area (Å²) in [7, 11) is 1.58. The summed E-state index contributed by atoms with van der Waals surface area (Å²) in [5.41, 5.74) is 2.55. The molecule has 1 atom stereocenters. The Hall–Kier alpha value is -3.13. The number of anilines is 1. The van der Waals surface area contributed by atoms with Crippen LogP contribution in [0.5, 0.6) is 11.6 Å². The molecule has 0 spiro atoms. The van der Waals surface area contributed by atoms with Crippen molar-refractivity contribution in [3.8, 4) is 22.9 Å². The lowest BCUT2D eigenvalue weighted by atomic mass is 10.1. The van der Waals surface area contributed by atoms with Crippen LogP contribution in [0.2, 0.25) is 0 Å². The second kappa shape index (κ2) is 8.48. The zero-order valence-electron chi connectivity index (χ0n) is 16.1. The van der Waals surface area contributed by atoms with Crippen LogP contribution in [0.25, 0.3) is 11.3 Å². The van der Waals surface area contributed by atoms with E-state index < -0.39 is 6.23 Å². The first-order valence-corrected chi connectivity index (χ1v) is 10.3. The first-order valence-electron chi connectivity index (χ1n) is 9.28. The maximum Gasteiger partial charge on any atom is 0.247 e. The molecule has 0 unspecified atom stereocenters. The number of aromatic nitrogens is 3. The number of nitrogens with one attached hydrogen (secondary N) is 1. The van der Waals surface area contributed by atoms with Crippen molar-refractivity contribution < 1.29 is 14.3 Å². The topological polar surface area (TPSA) is 86.2 Å². The lowest BCUT2D eigenvalue weighted by molar-refractivity contribution is 0.0823. The molecule has 0 aliphatic carbocycles. The van der Waals surface area contributed by atoms with Crippen LogP contribution in [0, 0.1) is 0 Å². The average Bonchev–Trinajstić information content (AvgIpc) is 2.93. The van der Waals surface area contributed by atoms with Gasteiger partial charge >= 0.3 is 0 Å². The summed E-state index contributed by atoms with van der Waals surface area (Å²) in [5.74, 6) is 1.64. The molecule has 0 bridgehead atoms. The number of para-hydroxylation sites is 1. The summed E-state index contributed by atoms with van der Waals surface area (Å²) in [5, 5.41) is 12.3. The fourth-order valence-corrected chi connectivity index (χ4v) is 3.56. The molecule has 0 fully saturated rings. The highest BCUT2D eigenvalue weighted by molar-refractivity contribution is 7.99. The van der Waals surface area contributed by atoms with Crippen molar-refractivity contribution in [2.45, 2.75) is 24.7 Å². The zero-order valence-corrected chi connectivity index (χ0v) is 16.9. The molecule has 4 rings (SSSR count). The Morgan fingerprint density at radius 1 is 1.17 bits per heavy atom. The van der Waals surface area contributed by atoms with Gasteiger partial charge in [0.15, 0.2) is 5.69 Å². The van der Waals surface area contributed by atoms with Crippen LogP contribution in [0.1, 0.15) is 23.7 Å². The van der Waals surface area contributed by atoms with Gasteiger partial charge in [-0.15, -0.1) is 10.2 Å². The quantitative estimate of drug-likeness (QED) is 0.483. The monoisotopic (exact) mass is 408 g/mol. The van der Waals surface area contributed by atoms with Gasteiger partial charge in [-0.25, -0.2) is 0 Å². The predicted octanol–water partition coefficient (Wildman–Crippen LogP) is 4.06. The summed E-state index contributed by atoms with van der Waals surface area (Å²) in [6, 6.07) is 14.5. The van der Waals surface area contributed by atoms with E-state index >= 15 is 0 Å². The van der Waals surface area contributed by atoms with Gasteiger partial charge in [0.25, 0.3) is 0 Å². The average molecular weight is 408 g/mol. The molecule has 8 heteroatoms. The second-order valence-electron chi connectivity index (χ2n) is 6.38. The molecule has 1 aliphatic heterocycles. The minimum Gasteiger partial charge on any atom is -0.497 e. The van der Waals surface area contributed by atoms with Crippen molar-refractivity contribution in [3.63, 3.8) is 0 Å². The molecule has 1 N–H and O–H groups in total. The van der Waals surface area contributed by atoms with Crippen molar-refractivity contribution in [2.75, 3.05) is 18.2 Å². The Labute approximate surface area is 172 Å². The SMILES string of the molecule is CCCSc1nnc2c(n1)O[C@@H](C(=O)c1ccc(OC)cc1)Nc1ccccc1-2. The number of carbonyl (C=O) groups is 1. The molecule has 0 radical (unpaired) electrons. The molecule has 148 valence electrons. The van der Waals surface area contributed by atoms with Gasteiger partial charge in [0.1, 0.15) is 5.75 Å². The van der Waals surface area contributed by atoms with Crippen molar-refractivity contribution in [3.05, 3.63) is 54.1 Å². The lowest BCUT2D eigenvalue weighted by Crippen LogP contribution is -2.35. The molecule has 0 amide bonds. The van der Waals surface area contributed by atoms with Gasteiger partial charge in [-0.3, -0.25) is 4.79 Å². The van der Waals surface area contributed by atoms with Crippen LogP contribution < -0.4 is 14.8 Å². The zero-order chi connectivity index (χ0) is 20.2. The summed E-state index contributed by atoms with van der Waals surface area (Å²) in [6.45, 7) is 2.09. The largest absolute Gasteiger partial charge is 0.497 e. The smallest absolute Gasteiger partial charge is 0.247 e. The van der Waals surface area contributed by atoms with Crippen LogP contribution in [-0.4, -0.2) is 40.1 Å². The van der Waals surface area contributed by atoms with E-state index in [0.717, 1.165) is 23.4 Å². The van der Waals surface area contributed by atoms with Crippen molar-refractivity contribution >= 4 is 23.2 Å². The van der Waals surface area contributed by atoms with Crippen LogP contribution in [0.15, 0.2) is 53.7 Å². The summed E-state index contributed by atoms with van der Waals surface area (Å²) in [6.07, 6.45) is 0.0566. The van der Waals surface area contributed by atoms with Crippen molar-refractivity contribution in [1.82, 2.24) is 15.2 Å². The van der Waals surface area contributed by atoms with Gasteiger partial charge in [-0.2, -0.15) is 4.98 Å².